The first kappa shape index (κ1) is 23.5. The Bertz CT molecular complexity index is 567. The fourth-order valence-electron chi connectivity index (χ4n) is 1.90. The number of aryl methyl sites for hydroxylation is 1. The van der Waals surface area contributed by atoms with Crippen LogP contribution in [0.2, 0.25) is 0 Å². The summed E-state index contributed by atoms with van der Waals surface area (Å²) in [6.45, 7) is 10.1. The number of aliphatic imine (C=N–C) groups is 1. The van der Waals surface area contributed by atoms with Crippen molar-refractivity contribution in [2.75, 3.05) is 18.9 Å². The van der Waals surface area contributed by atoms with Crippen LogP contribution in [0.15, 0.2) is 29.3 Å². The number of rotatable bonds is 5. The van der Waals surface area contributed by atoms with Crippen LogP contribution in [-0.2, 0) is 4.74 Å². The lowest BCUT2D eigenvalue weighted by molar-refractivity contribution is 0.0231. The molecule has 1 aromatic carbocycles. The van der Waals surface area contributed by atoms with E-state index in [1.807, 2.05) is 58.9 Å². The molecule has 3 N–H and O–H groups in total. The van der Waals surface area contributed by atoms with E-state index in [9.17, 15) is 4.79 Å². The third-order valence-corrected chi connectivity index (χ3v) is 3.50. The summed E-state index contributed by atoms with van der Waals surface area (Å²) in [6, 6.07) is 7.93. The van der Waals surface area contributed by atoms with Crippen LogP contribution >= 0.6 is 24.0 Å². The predicted octanol–water partition coefficient (Wildman–Crippen LogP) is 3.99. The lowest BCUT2D eigenvalue weighted by Crippen LogP contribution is -2.39. The van der Waals surface area contributed by atoms with Gasteiger partial charge in [-0.15, -0.1) is 24.0 Å². The monoisotopic (exact) mass is 462 g/mol. The van der Waals surface area contributed by atoms with Gasteiger partial charge in [0.1, 0.15) is 5.60 Å². The van der Waals surface area contributed by atoms with E-state index in [1.165, 1.54) is 5.56 Å². The van der Waals surface area contributed by atoms with Crippen LogP contribution in [0.25, 0.3) is 0 Å². The molecule has 0 aliphatic rings. The number of halogens is 1. The van der Waals surface area contributed by atoms with Crippen LogP contribution in [0, 0.1) is 6.92 Å². The number of amides is 1. The average Bonchev–Trinajstić information content (AvgIpc) is 2.47. The number of ether oxygens (including phenoxy) is 1. The third kappa shape index (κ3) is 9.52. The first-order chi connectivity index (χ1) is 11.1. The molecule has 0 fully saturated rings. The highest BCUT2D eigenvalue weighted by molar-refractivity contribution is 14.0. The van der Waals surface area contributed by atoms with E-state index >= 15 is 0 Å². The number of anilines is 1. The van der Waals surface area contributed by atoms with Gasteiger partial charge in [0, 0.05) is 25.3 Å². The fraction of sp³-hybridized carbons (Fsp3) is 0.556. The number of hydrogen-bond acceptors (Lipinski definition) is 3. The third-order valence-electron chi connectivity index (χ3n) is 3.50. The quantitative estimate of drug-likeness (QED) is 0.394. The zero-order valence-electron chi connectivity index (χ0n) is 16.0. The zero-order valence-corrected chi connectivity index (χ0v) is 18.3. The summed E-state index contributed by atoms with van der Waals surface area (Å²) in [5, 5.41) is 3.05. The van der Waals surface area contributed by atoms with Crippen molar-refractivity contribution in [3.05, 3.63) is 29.8 Å². The minimum Gasteiger partial charge on any atom is -0.444 e. The van der Waals surface area contributed by atoms with E-state index in [0.717, 1.165) is 5.69 Å². The predicted molar refractivity (Wildman–Crippen MR) is 115 cm³/mol. The van der Waals surface area contributed by atoms with Crippen LogP contribution < -0.4 is 11.1 Å². The number of carbonyl (C=O) groups excluding carboxylic acids is 1. The number of benzene rings is 1. The van der Waals surface area contributed by atoms with Gasteiger partial charge in [0.2, 0.25) is 0 Å². The van der Waals surface area contributed by atoms with E-state index in [4.69, 9.17) is 10.5 Å². The first-order valence-electron chi connectivity index (χ1n) is 8.18. The molecule has 0 saturated heterocycles. The van der Waals surface area contributed by atoms with Gasteiger partial charge in [-0.2, -0.15) is 0 Å². The first-order valence-corrected chi connectivity index (χ1v) is 8.18. The highest BCUT2D eigenvalue weighted by Gasteiger charge is 2.22. The van der Waals surface area contributed by atoms with Crippen molar-refractivity contribution in [1.82, 2.24) is 4.90 Å². The van der Waals surface area contributed by atoms with Gasteiger partial charge in [0.15, 0.2) is 5.96 Å². The molecule has 0 bridgehead atoms. The molecule has 6 nitrogen and oxygen atoms in total. The van der Waals surface area contributed by atoms with Crippen molar-refractivity contribution >= 4 is 41.7 Å². The summed E-state index contributed by atoms with van der Waals surface area (Å²) in [6.07, 6.45) is 0.371. The number of nitrogens with two attached hydrogens (primary N) is 1. The molecule has 1 atom stereocenters. The maximum atomic E-state index is 12.0. The molecule has 0 saturated carbocycles. The van der Waals surface area contributed by atoms with E-state index in [2.05, 4.69) is 10.3 Å². The van der Waals surface area contributed by atoms with Gasteiger partial charge in [0.25, 0.3) is 0 Å². The molecule has 1 amide bonds. The number of carbonyl (C=O) groups is 1. The Kier molecular flexibility index (Phi) is 9.84. The van der Waals surface area contributed by atoms with Crippen LogP contribution in [0.1, 0.15) is 39.7 Å². The molecule has 0 aromatic heterocycles. The maximum absolute atomic E-state index is 12.0. The van der Waals surface area contributed by atoms with Crippen LogP contribution in [-0.4, -0.2) is 42.2 Å². The van der Waals surface area contributed by atoms with Crippen LogP contribution in [0.5, 0.6) is 0 Å². The highest BCUT2D eigenvalue weighted by Crippen LogP contribution is 2.12. The molecular weight excluding hydrogens is 431 g/mol. The van der Waals surface area contributed by atoms with Crippen molar-refractivity contribution in [1.29, 1.82) is 0 Å². The van der Waals surface area contributed by atoms with Crippen molar-refractivity contribution in [3.63, 3.8) is 0 Å². The van der Waals surface area contributed by atoms with Gasteiger partial charge in [-0.05, 0) is 53.2 Å². The SMILES string of the molecule is Cc1ccc(NC(N)=NCCC(C)N(C)C(=O)OC(C)(C)C)cc1.I. The second-order valence-corrected chi connectivity index (χ2v) is 6.99. The number of hydrogen-bond donors (Lipinski definition) is 2. The summed E-state index contributed by atoms with van der Waals surface area (Å²) in [5.41, 5.74) is 7.48. The second kappa shape index (κ2) is 10.5. The minimum absolute atomic E-state index is 0. The highest BCUT2D eigenvalue weighted by atomic mass is 127. The Labute approximate surface area is 168 Å². The van der Waals surface area contributed by atoms with Crippen molar-refractivity contribution in [2.45, 2.75) is 52.7 Å². The van der Waals surface area contributed by atoms with Gasteiger partial charge in [-0.3, -0.25) is 4.99 Å². The summed E-state index contributed by atoms with van der Waals surface area (Å²) in [7, 11) is 1.73. The van der Waals surface area contributed by atoms with Crippen LogP contribution in [0.4, 0.5) is 10.5 Å². The van der Waals surface area contributed by atoms with E-state index in [-0.39, 0.29) is 36.1 Å². The van der Waals surface area contributed by atoms with Gasteiger partial charge in [-0.25, -0.2) is 4.79 Å². The molecule has 7 heteroatoms. The molecule has 142 valence electrons. The Hall–Kier alpha value is -1.51. The Balaban J connectivity index is 0.00000576. The summed E-state index contributed by atoms with van der Waals surface area (Å²) < 4.78 is 5.35. The molecule has 0 aliphatic carbocycles. The molecule has 1 rings (SSSR count). The summed E-state index contributed by atoms with van der Waals surface area (Å²) >= 11 is 0. The molecule has 1 unspecified atom stereocenters. The van der Waals surface area contributed by atoms with Crippen LogP contribution in [0.3, 0.4) is 0 Å². The standard InChI is InChI=1S/C18H30N4O2.HI/c1-13-7-9-15(10-8-13)21-16(19)20-12-11-14(2)22(6)17(23)24-18(3,4)5;/h7-10,14H,11-12H2,1-6H3,(H3,19,20,21);1H. The molecular formula is C18H31IN4O2. The number of guanidine groups is 1. The number of nitrogens with one attached hydrogen (secondary N) is 1. The Morgan fingerprint density at radius 3 is 2.40 bits per heavy atom. The van der Waals surface area contributed by atoms with E-state index in [0.29, 0.717) is 18.9 Å². The lowest BCUT2D eigenvalue weighted by Gasteiger charge is -2.28. The average molecular weight is 462 g/mol. The molecule has 0 heterocycles. The minimum atomic E-state index is -0.494. The largest absolute Gasteiger partial charge is 0.444 e. The topological polar surface area (TPSA) is 80.0 Å². The van der Waals surface area contributed by atoms with Gasteiger partial charge >= 0.3 is 6.09 Å². The molecule has 0 radical (unpaired) electrons. The molecule has 0 aliphatic heterocycles. The number of nitrogens with zero attached hydrogens (tertiary/aromatic N) is 2. The molecule has 0 spiro atoms. The Morgan fingerprint density at radius 2 is 1.88 bits per heavy atom. The fourth-order valence-corrected chi connectivity index (χ4v) is 1.90. The summed E-state index contributed by atoms with van der Waals surface area (Å²) in [5.74, 6) is 0.367. The van der Waals surface area contributed by atoms with E-state index < -0.39 is 5.60 Å². The smallest absolute Gasteiger partial charge is 0.410 e. The van der Waals surface area contributed by atoms with Gasteiger partial charge < -0.3 is 20.7 Å². The normalized spacial score (nSPS) is 12.8. The van der Waals surface area contributed by atoms with E-state index in [1.54, 1.807) is 11.9 Å². The van der Waals surface area contributed by atoms with Gasteiger partial charge in [-0.1, -0.05) is 17.7 Å². The summed E-state index contributed by atoms with van der Waals surface area (Å²) in [4.78, 5) is 17.9. The second-order valence-electron chi connectivity index (χ2n) is 6.99. The van der Waals surface area contributed by atoms with Crippen molar-refractivity contribution in [2.24, 2.45) is 10.7 Å². The lowest BCUT2D eigenvalue weighted by atomic mass is 10.2. The Morgan fingerprint density at radius 1 is 1.32 bits per heavy atom. The van der Waals surface area contributed by atoms with Gasteiger partial charge in [0.05, 0.1) is 0 Å². The maximum Gasteiger partial charge on any atom is 0.410 e. The van der Waals surface area contributed by atoms with Crippen molar-refractivity contribution in [3.8, 4) is 0 Å². The molecule has 1 aromatic rings. The molecule has 25 heavy (non-hydrogen) atoms. The van der Waals surface area contributed by atoms with Crippen molar-refractivity contribution < 1.29 is 9.53 Å². The zero-order chi connectivity index (χ0) is 18.3.